The van der Waals surface area contributed by atoms with Gasteiger partial charge >= 0.3 is 5.97 Å². The van der Waals surface area contributed by atoms with Crippen LogP contribution in [0.25, 0.3) is 0 Å². The number of Topliss-reactive ketones (excluding diaryl/α,β-unsaturated/α-hetero) is 1. The van der Waals surface area contributed by atoms with Crippen molar-refractivity contribution >= 4 is 40.6 Å². The Labute approximate surface area is 102 Å². The molecule has 0 amide bonds. The fourth-order valence-electron chi connectivity index (χ4n) is 1.09. The molecule has 16 heavy (non-hydrogen) atoms. The van der Waals surface area contributed by atoms with Crippen molar-refractivity contribution < 1.29 is 14.7 Å². The van der Waals surface area contributed by atoms with Gasteiger partial charge in [0.1, 0.15) is 0 Å². The lowest BCUT2D eigenvalue weighted by atomic mass is 10.2. The molecule has 0 spiro atoms. The van der Waals surface area contributed by atoms with Crippen LogP contribution in [0.2, 0.25) is 10.0 Å². The normalized spacial score (nSPS) is 11.9. The van der Waals surface area contributed by atoms with Crippen LogP contribution in [-0.2, 0) is 9.59 Å². The number of aliphatic carboxylic acids is 1. The fourth-order valence-corrected chi connectivity index (χ4v) is 1.39. The van der Waals surface area contributed by atoms with Gasteiger partial charge in [-0.1, -0.05) is 23.2 Å². The van der Waals surface area contributed by atoms with Crippen LogP contribution in [0.15, 0.2) is 18.2 Å². The summed E-state index contributed by atoms with van der Waals surface area (Å²) in [6.45, 7) is 1.20. The monoisotopic (exact) mass is 261 g/mol. The van der Waals surface area contributed by atoms with Gasteiger partial charge in [0.05, 0.1) is 10.0 Å². The fraction of sp³-hybridized carbons (Fsp3) is 0.200. The van der Waals surface area contributed by atoms with E-state index in [4.69, 9.17) is 28.3 Å². The second kappa shape index (κ2) is 5.18. The lowest BCUT2D eigenvalue weighted by molar-refractivity contribution is -0.140. The predicted molar refractivity (Wildman–Crippen MR) is 62.2 cm³/mol. The highest BCUT2D eigenvalue weighted by molar-refractivity contribution is 6.42. The number of carboxylic acid groups (broad SMARTS) is 1. The van der Waals surface area contributed by atoms with E-state index in [-0.39, 0.29) is 0 Å². The molecule has 1 atom stereocenters. The van der Waals surface area contributed by atoms with Crippen LogP contribution in [0.3, 0.4) is 0 Å². The molecule has 0 aliphatic carbocycles. The Kier molecular flexibility index (Phi) is 4.15. The van der Waals surface area contributed by atoms with Gasteiger partial charge in [-0.05, 0) is 25.1 Å². The second-order valence-electron chi connectivity index (χ2n) is 3.16. The molecule has 0 radical (unpaired) electrons. The molecular weight excluding hydrogens is 253 g/mol. The summed E-state index contributed by atoms with van der Waals surface area (Å²) in [5.41, 5.74) is 0.428. The van der Waals surface area contributed by atoms with Crippen LogP contribution in [0.4, 0.5) is 5.69 Å². The molecule has 0 bridgehead atoms. The first-order valence-corrected chi connectivity index (χ1v) is 5.12. The van der Waals surface area contributed by atoms with Crippen molar-refractivity contribution in [2.24, 2.45) is 0 Å². The average Bonchev–Trinajstić information content (AvgIpc) is 2.18. The minimum atomic E-state index is -1.28. The summed E-state index contributed by atoms with van der Waals surface area (Å²) >= 11 is 11.5. The van der Waals surface area contributed by atoms with E-state index in [0.717, 1.165) is 0 Å². The number of nitrogens with one attached hydrogen (secondary N) is 1. The summed E-state index contributed by atoms with van der Waals surface area (Å²) in [4.78, 5) is 21.8. The summed E-state index contributed by atoms with van der Waals surface area (Å²) in [5.74, 6) is -1.72. The van der Waals surface area contributed by atoms with E-state index in [1.54, 1.807) is 6.07 Å². The van der Waals surface area contributed by atoms with Crippen LogP contribution in [-0.4, -0.2) is 22.9 Å². The van der Waals surface area contributed by atoms with Crippen LogP contribution < -0.4 is 5.32 Å². The Morgan fingerprint density at radius 3 is 2.38 bits per heavy atom. The standard InChI is InChI=1S/C10H9Cl2NO3/c1-5(14)9(10(15)16)13-6-2-3-7(11)8(12)4-6/h2-4,9,13H,1H3,(H,15,16). The van der Waals surface area contributed by atoms with Gasteiger partial charge in [-0.3, -0.25) is 4.79 Å². The Balaban J connectivity index is 2.90. The van der Waals surface area contributed by atoms with Crippen LogP contribution in [0, 0.1) is 0 Å². The number of hydrogen-bond acceptors (Lipinski definition) is 3. The SMILES string of the molecule is CC(=O)C(Nc1ccc(Cl)c(Cl)c1)C(=O)O. The van der Waals surface area contributed by atoms with Crippen molar-refractivity contribution in [2.75, 3.05) is 5.32 Å². The van der Waals surface area contributed by atoms with Crippen molar-refractivity contribution in [1.29, 1.82) is 0 Å². The maximum atomic E-state index is 11.0. The summed E-state index contributed by atoms with van der Waals surface area (Å²) in [6, 6.07) is 3.25. The van der Waals surface area contributed by atoms with E-state index < -0.39 is 17.8 Å². The molecule has 0 heterocycles. The van der Waals surface area contributed by atoms with Crippen molar-refractivity contribution in [2.45, 2.75) is 13.0 Å². The van der Waals surface area contributed by atoms with Gasteiger partial charge in [0.25, 0.3) is 0 Å². The summed E-state index contributed by atoms with van der Waals surface area (Å²) in [7, 11) is 0. The summed E-state index contributed by atoms with van der Waals surface area (Å²) in [6.07, 6.45) is 0. The minimum absolute atomic E-state index is 0.291. The third-order valence-electron chi connectivity index (χ3n) is 1.88. The van der Waals surface area contributed by atoms with Gasteiger partial charge in [0.2, 0.25) is 0 Å². The van der Waals surface area contributed by atoms with E-state index in [1.807, 2.05) is 0 Å². The predicted octanol–water partition coefficient (Wildman–Crippen LogP) is 2.45. The highest BCUT2D eigenvalue weighted by Gasteiger charge is 2.22. The van der Waals surface area contributed by atoms with Gasteiger partial charge in [0, 0.05) is 5.69 Å². The second-order valence-corrected chi connectivity index (χ2v) is 3.97. The topological polar surface area (TPSA) is 66.4 Å². The first-order valence-electron chi connectivity index (χ1n) is 4.36. The molecule has 2 N–H and O–H groups in total. The molecule has 0 saturated heterocycles. The molecule has 0 saturated carbocycles. The van der Waals surface area contributed by atoms with E-state index in [1.165, 1.54) is 19.1 Å². The molecule has 1 aromatic rings. The van der Waals surface area contributed by atoms with Crippen molar-refractivity contribution in [1.82, 2.24) is 0 Å². The third-order valence-corrected chi connectivity index (χ3v) is 2.62. The zero-order valence-electron chi connectivity index (χ0n) is 8.33. The van der Waals surface area contributed by atoms with E-state index in [0.29, 0.717) is 15.7 Å². The maximum Gasteiger partial charge on any atom is 0.333 e. The number of carboxylic acids is 1. The largest absolute Gasteiger partial charge is 0.479 e. The van der Waals surface area contributed by atoms with E-state index in [9.17, 15) is 9.59 Å². The molecule has 0 aromatic heterocycles. The number of rotatable bonds is 4. The Morgan fingerprint density at radius 2 is 1.94 bits per heavy atom. The van der Waals surface area contributed by atoms with Gasteiger partial charge in [-0.15, -0.1) is 0 Å². The molecule has 1 rings (SSSR count). The van der Waals surface area contributed by atoms with Crippen molar-refractivity contribution in [3.05, 3.63) is 28.2 Å². The highest BCUT2D eigenvalue weighted by atomic mass is 35.5. The molecule has 1 aromatic carbocycles. The Bertz CT molecular complexity index is 420. The molecule has 6 heteroatoms. The van der Waals surface area contributed by atoms with Gasteiger partial charge in [0.15, 0.2) is 11.8 Å². The molecule has 86 valence electrons. The maximum absolute atomic E-state index is 11.0. The lowest BCUT2D eigenvalue weighted by Crippen LogP contribution is -2.35. The van der Waals surface area contributed by atoms with Gasteiger partial charge in [-0.2, -0.15) is 0 Å². The molecule has 4 nitrogen and oxygen atoms in total. The quantitative estimate of drug-likeness (QED) is 0.818. The van der Waals surface area contributed by atoms with Gasteiger partial charge < -0.3 is 10.4 Å². The summed E-state index contributed by atoms with van der Waals surface area (Å²) < 4.78 is 0. The van der Waals surface area contributed by atoms with Crippen LogP contribution >= 0.6 is 23.2 Å². The van der Waals surface area contributed by atoms with E-state index in [2.05, 4.69) is 5.32 Å². The van der Waals surface area contributed by atoms with E-state index >= 15 is 0 Å². The smallest absolute Gasteiger partial charge is 0.333 e. The minimum Gasteiger partial charge on any atom is -0.479 e. The molecule has 1 unspecified atom stereocenters. The van der Waals surface area contributed by atoms with Crippen LogP contribution in [0.5, 0.6) is 0 Å². The van der Waals surface area contributed by atoms with Crippen LogP contribution in [0.1, 0.15) is 6.92 Å². The van der Waals surface area contributed by atoms with Gasteiger partial charge in [-0.25, -0.2) is 4.79 Å². The zero-order valence-corrected chi connectivity index (χ0v) is 9.84. The molecular formula is C10H9Cl2NO3. The molecule has 0 aliphatic rings. The number of carbonyl (C=O) groups is 2. The summed E-state index contributed by atoms with van der Waals surface area (Å²) in [5, 5.41) is 12.0. The Hall–Kier alpha value is -1.26. The van der Waals surface area contributed by atoms with Crippen molar-refractivity contribution in [3.63, 3.8) is 0 Å². The van der Waals surface area contributed by atoms with Crippen molar-refractivity contribution in [3.8, 4) is 0 Å². The average molecular weight is 262 g/mol. The highest BCUT2D eigenvalue weighted by Crippen LogP contribution is 2.25. The number of carbonyl (C=O) groups excluding carboxylic acids is 1. The number of anilines is 1. The zero-order chi connectivity index (χ0) is 12.3. The first kappa shape index (κ1) is 12.8. The number of benzene rings is 1. The lowest BCUT2D eigenvalue weighted by Gasteiger charge is -2.13. The Morgan fingerprint density at radius 1 is 1.31 bits per heavy atom. The number of halogens is 2. The third kappa shape index (κ3) is 3.12. The number of hydrogen-bond donors (Lipinski definition) is 2. The first-order chi connectivity index (χ1) is 7.41. The number of ketones is 1. The molecule has 0 aliphatic heterocycles. The molecule has 0 fully saturated rings.